The molecule has 0 spiro atoms. The van der Waals surface area contributed by atoms with E-state index < -0.39 is 0 Å². The van der Waals surface area contributed by atoms with E-state index in [1.165, 1.54) is 0 Å². The van der Waals surface area contributed by atoms with Crippen LogP contribution in [0, 0.1) is 6.92 Å². The number of aliphatic hydroxyl groups is 1. The van der Waals surface area contributed by atoms with Crippen molar-refractivity contribution < 1.29 is 15.0 Å². The second kappa shape index (κ2) is 8.05. The van der Waals surface area contributed by atoms with E-state index in [2.05, 4.69) is 10.5 Å². The van der Waals surface area contributed by atoms with Gasteiger partial charge in [0.15, 0.2) is 0 Å². The lowest BCUT2D eigenvalue weighted by atomic mass is 10.1. The van der Waals surface area contributed by atoms with Gasteiger partial charge in [0.25, 0.3) is 0 Å². The molecule has 1 aromatic heterocycles. The standard InChI is InChI=1S/C21H23N3O3/c1-14-10-11-17-18(13-14)24(16-7-4-3-5-8-16)21(27)20(17)15(2)22-23-19(26)9-6-12-25/h3-5,7-8,10-11,13,25,27H,6,9,12H2,1-2H3,(H,23,26)/b22-15+. The second-order valence-electron chi connectivity index (χ2n) is 6.45. The van der Waals surface area contributed by atoms with E-state index in [1.807, 2.05) is 55.5 Å². The molecule has 2 aromatic carbocycles. The summed E-state index contributed by atoms with van der Waals surface area (Å²) in [5.41, 5.74) is 6.37. The Morgan fingerprint density at radius 1 is 1.19 bits per heavy atom. The van der Waals surface area contributed by atoms with Crippen LogP contribution in [0.2, 0.25) is 0 Å². The van der Waals surface area contributed by atoms with Gasteiger partial charge in [-0.2, -0.15) is 5.10 Å². The van der Waals surface area contributed by atoms with Crippen molar-refractivity contribution in [3.05, 3.63) is 59.7 Å². The minimum absolute atomic E-state index is 0.0409. The molecule has 140 valence electrons. The first kappa shape index (κ1) is 18.7. The van der Waals surface area contributed by atoms with Crippen LogP contribution in [-0.2, 0) is 4.79 Å². The third-order valence-corrected chi connectivity index (χ3v) is 4.39. The maximum atomic E-state index is 11.8. The molecule has 27 heavy (non-hydrogen) atoms. The first-order valence-corrected chi connectivity index (χ1v) is 8.86. The Balaban J connectivity index is 2.08. The molecule has 6 nitrogen and oxygen atoms in total. The third-order valence-electron chi connectivity index (χ3n) is 4.39. The molecule has 1 heterocycles. The SMILES string of the molecule is C/C(=N\NC(=O)CCCO)c1c(O)n(-c2ccccc2)c2cc(C)ccc12. The summed E-state index contributed by atoms with van der Waals surface area (Å²) in [4.78, 5) is 11.8. The molecule has 0 unspecified atom stereocenters. The van der Waals surface area contributed by atoms with Crippen molar-refractivity contribution >= 4 is 22.5 Å². The Labute approximate surface area is 157 Å². The van der Waals surface area contributed by atoms with Gasteiger partial charge in [0, 0.05) is 24.1 Å². The van der Waals surface area contributed by atoms with E-state index in [-0.39, 0.29) is 24.8 Å². The van der Waals surface area contributed by atoms with Crippen LogP contribution in [0.1, 0.15) is 30.9 Å². The highest BCUT2D eigenvalue weighted by Crippen LogP contribution is 2.35. The minimum atomic E-state index is -0.273. The summed E-state index contributed by atoms with van der Waals surface area (Å²) in [7, 11) is 0. The van der Waals surface area contributed by atoms with E-state index in [9.17, 15) is 9.90 Å². The van der Waals surface area contributed by atoms with Crippen LogP contribution < -0.4 is 5.43 Å². The minimum Gasteiger partial charge on any atom is -0.494 e. The number of hydrogen-bond acceptors (Lipinski definition) is 4. The molecule has 0 atom stereocenters. The molecular weight excluding hydrogens is 342 g/mol. The van der Waals surface area contributed by atoms with Gasteiger partial charge in [-0.3, -0.25) is 9.36 Å². The lowest BCUT2D eigenvalue weighted by Crippen LogP contribution is -2.19. The zero-order valence-corrected chi connectivity index (χ0v) is 15.4. The van der Waals surface area contributed by atoms with Gasteiger partial charge in [-0.15, -0.1) is 0 Å². The van der Waals surface area contributed by atoms with Crippen LogP contribution in [0.3, 0.4) is 0 Å². The number of aryl methyl sites for hydroxylation is 1. The van der Waals surface area contributed by atoms with Gasteiger partial charge in [-0.1, -0.05) is 30.3 Å². The van der Waals surface area contributed by atoms with Crippen molar-refractivity contribution in [3.63, 3.8) is 0 Å². The average Bonchev–Trinajstić information content (AvgIpc) is 2.96. The van der Waals surface area contributed by atoms with E-state index in [0.29, 0.717) is 17.7 Å². The molecule has 0 fully saturated rings. The van der Waals surface area contributed by atoms with Gasteiger partial charge in [0.2, 0.25) is 11.8 Å². The summed E-state index contributed by atoms with van der Waals surface area (Å²) in [6.45, 7) is 3.71. The fourth-order valence-electron chi connectivity index (χ4n) is 3.08. The number of aromatic nitrogens is 1. The molecular formula is C21H23N3O3. The largest absolute Gasteiger partial charge is 0.494 e. The number of para-hydroxylation sites is 1. The van der Waals surface area contributed by atoms with Crippen LogP contribution in [0.5, 0.6) is 5.88 Å². The summed E-state index contributed by atoms with van der Waals surface area (Å²) < 4.78 is 1.78. The highest BCUT2D eigenvalue weighted by atomic mass is 16.3. The van der Waals surface area contributed by atoms with Crippen molar-refractivity contribution in [2.45, 2.75) is 26.7 Å². The Hall–Kier alpha value is -3.12. The van der Waals surface area contributed by atoms with Gasteiger partial charge < -0.3 is 10.2 Å². The maximum Gasteiger partial charge on any atom is 0.240 e. The van der Waals surface area contributed by atoms with Crippen LogP contribution in [0.25, 0.3) is 16.6 Å². The fourth-order valence-corrected chi connectivity index (χ4v) is 3.08. The van der Waals surface area contributed by atoms with Gasteiger partial charge in [0.1, 0.15) is 0 Å². The maximum absolute atomic E-state index is 11.8. The summed E-state index contributed by atoms with van der Waals surface area (Å²) >= 11 is 0. The molecule has 6 heteroatoms. The van der Waals surface area contributed by atoms with Crippen molar-refractivity contribution in [1.29, 1.82) is 0 Å². The predicted molar refractivity (Wildman–Crippen MR) is 106 cm³/mol. The monoisotopic (exact) mass is 365 g/mol. The molecule has 0 saturated heterocycles. The Morgan fingerprint density at radius 2 is 1.93 bits per heavy atom. The number of benzene rings is 2. The lowest BCUT2D eigenvalue weighted by molar-refractivity contribution is -0.121. The van der Waals surface area contributed by atoms with Crippen molar-refractivity contribution in [1.82, 2.24) is 9.99 Å². The number of nitrogens with one attached hydrogen (secondary N) is 1. The first-order chi connectivity index (χ1) is 13.0. The smallest absolute Gasteiger partial charge is 0.240 e. The zero-order valence-electron chi connectivity index (χ0n) is 15.4. The van der Waals surface area contributed by atoms with Crippen molar-refractivity contribution in [2.24, 2.45) is 5.10 Å². The number of hydrazone groups is 1. The third kappa shape index (κ3) is 3.85. The zero-order chi connectivity index (χ0) is 19.4. The van der Waals surface area contributed by atoms with Gasteiger partial charge in [-0.25, -0.2) is 5.43 Å². The first-order valence-electron chi connectivity index (χ1n) is 8.86. The van der Waals surface area contributed by atoms with Crippen molar-refractivity contribution in [3.8, 4) is 11.6 Å². The summed E-state index contributed by atoms with van der Waals surface area (Å²) in [5.74, 6) is -0.196. The molecule has 0 aliphatic heterocycles. The van der Waals surface area contributed by atoms with E-state index in [0.717, 1.165) is 22.2 Å². The van der Waals surface area contributed by atoms with E-state index >= 15 is 0 Å². The number of nitrogens with zero attached hydrogens (tertiary/aromatic N) is 2. The van der Waals surface area contributed by atoms with Crippen LogP contribution >= 0.6 is 0 Å². The molecule has 3 N–H and O–H groups in total. The number of carbonyl (C=O) groups excluding carboxylic acids is 1. The summed E-state index contributed by atoms with van der Waals surface area (Å²) in [6.07, 6.45) is 0.586. The highest BCUT2D eigenvalue weighted by molar-refractivity contribution is 6.13. The molecule has 1 amide bonds. The quantitative estimate of drug-likeness (QED) is 0.463. The Morgan fingerprint density at radius 3 is 2.63 bits per heavy atom. The van der Waals surface area contributed by atoms with Gasteiger partial charge in [-0.05, 0) is 44.0 Å². The Bertz CT molecular complexity index is 991. The second-order valence-corrected chi connectivity index (χ2v) is 6.45. The highest BCUT2D eigenvalue weighted by Gasteiger charge is 2.20. The van der Waals surface area contributed by atoms with Crippen LogP contribution in [0.4, 0.5) is 0 Å². The molecule has 3 aromatic rings. The molecule has 0 aliphatic rings. The topological polar surface area (TPSA) is 86.8 Å². The number of aliphatic hydroxyl groups excluding tert-OH is 1. The molecule has 0 saturated carbocycles. The predicted octanol–water partition coefficient (Wildman–Crippen LogP) is 3.26. The average molecular weight is 365 g/mol. The summed E-state index contributed by atoms with van der Waals surface area (Å²) in [5, 5.41) is 24.8. The summed E-state index contributed by atoms with van der Waals surface area (Å²) in [6, 6.07) is 15.5. The number of carbonyl (C=O) groups is 1. The Kier molecular flexibility index (Phi) is 5.57. The van der Waals surface area contributed by atoms with Gasteiger partial charge in [0.05, 0.1) is 16.8 Å². The fraction of sp³-hybridized carbons (Fsp3) is 0.238. The molecule has 0 bridgehead atoms. The molecule has 0 radical (unpaired) electrons. The number of amides is 1. The van der Waals surface area contributed by atoms with Gasteiger partial charge >= 0.3 is 0 Å². The number of fused-ring (bicyclic) bond motifs is 1. The van der Waals surface area contributed by atoms with Crippen LogP contribution in [-0.4, -0.2) is 33.0 Å². The number of hydrogen-bond donors (Lipinski definition) is 3. The van der Waals surface area contributed by atoms with Crippen LogP contribution in [0.15, 0.2) is 53.6 Å². The molecule has 3 rings (SSSR count). The normalized spacial score (nSPS) is 11.7. The van der Waals surface area contributed by atoms with Crippen molar-refractivity contribution in [2.75, 3.05) is 6.61 Å². The number of rotatable bonds is 6. The number of aromatic hydroxyl groups is 1. The molecule has 0 aliphatic carbocycles. The van der Waals surface area contributed by atoms with E-state index in [1.54, 1.807) is 11.5 Å². The van der Waals surface area contributed by atoms with E-state index in [4.69, 9.17) is 5.11 Å². The lowest BCUT2D eigenvalue weighted by Gasteiger charge is -2.07.